The first-order valence-corrected chi connectivity index (χ1v) is 8.58. The van der Waals surface area contributed by atoms with Crippen LogP contribution in [0.2, 0.25) is 5.02 Å². The summed E-state index contributed by atoms with van der Waals surface area (Å²) in [4.78, 5) is 38.6. The molecular formula is C17H20ClN3O3. The number of imide groups is 1. The number of halogens is 1. The fraction of sp³-hybridized carbons (Fsp3) is 0.471. The largest absolute Gasteiger partial charge is 0.336 e. The number of hydrogen-bond donors (Lipinski definition) is 1. The molecule has 2 aliphatic rings. The molecule has 1 aromatic rings. The van der Waals surface area contributed by atoms with E-state index in [1.165, 1.54) is 4.90 Å². The van der Waals surface area contributed by atoms with E-state index in [4.69, 9.17) is 11.6 Å². The van der Waals surface area contributed by atoms with Gasteiger partial charge in [-0.3, -0.25) is 14.5 Å². The van der Waals surface area contributed by atoms with Crippen molar-refractivity contribution < 1.29 is 14.4 Å². The van der Waals surface area contributed by atoms with Crippen LogP contribution in [0.4, 0.5) is 4.79 Å². The second-order valence-corrected chi connectivity index (χ2v) is 6.48. The number of urea groups is 1. The molecule has 1 unspecified atom stereocenters. The smallest absolute Gasteiger partial charge is 0.324 e. The minimum Gasteiger partial charge on any atom is -0.336 e. The van der Waals surface area contributed by atoms with E-state index in [0.29, 0.717) is 17.9 Å². The number of likely N-dealkylation sites (tertiary alicyclic amines) is 1. The standard InChI is InChI=1S/C17H20ClN3O3/c18-13-6-2-1-5-12(13)14-7-3-9-20(14)15(22)8-4-10-21-16(23)11-19-17(21)24/h1-2,5-6,14H,3-4,7-11H2,(H,19,24). The molecule has 4 amide bonds. The first kappa shape index (κ1) is 16.8. The number of amides is 4. The Morgan fingerprint density at radius 2 is 2.08 bits per heavy atom. The minimum atomic E-state index is -0.373. The van der Waals surface area contributed by atoms with Gasteiger partial charge in [-0.25, -0.2) is 4.79 Å². The van der Waals surface area contributed by atoms with Crippen LogP contribution in [0.1, 0.15) is 37.3 Å². The highest BCUT2D eigenvalue weighted by Gasteiger charge is 2.32. The highest BCUT2D eigenvalue weighted by atomic mass is 35.5. The van der Waals surface area contributed by atoms with Crippen molar-refractivity contribution in [3.05, 3.63) is 34.9 Å². The summed E-state index contributed by atoms with van der Waals surface area (Å²) in [5, 5.41) is 3.16. The number of nitrogens with zero attached hydrogens (tertiary/aromatic N) is 2. The second-order valence-electron chi connectivity index (χ2n) is 6.07. The van der Waals surface area contributed by atoms with Crippen molar-refractivity contribution in [2.45, 2.75) is 31.7 Å². The molecule has 0 bridgehead atoms. The summed E-state index contributed by atoms with van der Waals surface area (Å²) in [5.74, 6) is -0.188. The highest BCUT2D eigenvalue weighted by Crippen LogP contribution is 2.36. The van der Waals surface area contributed by atoms with Gasteiger partial charge in [-0.2, -0.15) is 0 Å². The Morgan fingerprint density at radius 3 is 2.79 bits per heavy atom. The van der Waals surface area contributed by atoms with Crippen LogP contribution in [-0.2, 0) is 9.59 Å². The van der Waals surface area contributed by atoms with Gasteiger partial charge in [-0.05, 0) is 30.9 Å². The lowest BCUT2D eigenvalue weighted by Crippen LogP contribution is -2.34. The van der Waals surface area contributed by atoms with E-state index >= 15 is 0 Å². The van der Waals surface area contributed by atoms with Crippen LogP contribution in [0.3, 0.4) is 0 Å². The lowest BCUT2D eigenvalue weighted by molar-refractivity contribution is -0.133. The minimum absolute atomic E-state index is 0.0166. The van der Waals surface area contributed by atoms with Crippen LogP contribution in [0.5, 0.6) is 0 Å². The van der Waals surface area contributed by atoms with Crippen LogP contribution in [0.15, 0.2) is 24.3 Å². The van der Waals surface area contributed by atoms with Crippen molar-refractivity contribution in [3.8, 4) is 0 Å². The molecule has 1 N–H and O–H groups in total. The van der Waals surface area contributed by atoms with Crippen LogP contribution >= 0.6 is 11.6 Å². The second kappa shape index (κ2) is 7.21. The maximum atomic E-state index is 12.6. The third-order valence-corrected chi connectivity index (χ3v) is 4.89. The van der Waals surface area contributed by atoms with Gasteiger partial charge in [-0.15, -0.1) is 0 Å². The Kier molecular flexibility index (Phi) is 5.04. The molecule has 2 fully saturated rings. The summed E-state index contributed by atoms with van der Waals surface area (Å²) in [6.45, 7) is 1.05. The van der Waals surface area contributed by atoms with E-state index in [1.807, 2.05) is 29.2 Å². The molecule has 0 aliphatic carbocycles. The van der Waals surface area contributed by atoms with Gasteiger partial charge in [0.05, 0.1) is 12.6 Å². The van der Waals surface area contributed by atoms with E-state index in [-0.39, 0.29) is 37.0 Å². The fourth-order valence-electron chi connectivity index (χ4n) is 3.35. The molecule has 0 saturated carbocycles. The molecular weight excluding hydrogens is 330 g/mol. The molecule has 6 nitrogen and oxygen atoms in total. The van der Waals surface area contributed by atoms with Gasteiger partial charge >= 0.3 is 6.03 Å². The Labute approximate surface area is 145 Å². The molecule has 0 aromatic heterocycles. The van der Waals surface area contributed by atoms with Crippen LogP contribution in [-0.4, -0.2) is 47.3 Å². The Balaban J connectivity index is 1.57. The maximum Gasteiger partial charge on any atom is 0.324 e. The van der Waals surface area contributed by atoms with Crippen molar-refractivity contribution in [1.29, 1.82) is 0 Å². The van der Waals surface area contributed by atoms with E-state index in [2.05, 4.69) is 5.32 Å². The number of nitrogens with one attached hydrogen (secondary N) is 1. The van der Waals surface area contributed by atoms with Gasteiger partial charge in [0.1, 0.15) is 0 Å². The van der Waals surface area contributed by atoms with Gasteiger partial charge < -0.3 is 10.2 Å². The van der Waals surface area contributed by atoms with Crippen LogP contribution in [0.25, 0.3) is 0 Å². The lowest BCUT2D eigenvalue weighted by atomic mass is 10.0. The van der Waals surface area contributed by atoms with E-state index < -0.39 is 0 Å². The third-order valence-electron chi connectivity index (χ3n) is 4.55. The van der Waals surface area contributed by atoms with E-state index in [9.17, 15) is 14.4 Å². The summed E-state index contributed by atoms with van der Waals surface area (Å²) in [7, 11) is 0. The van der Waals surface area contributed by atoms with Crippen molar-refractivity contribution >= 4 is 29.4 Å². The molecule has 1 aromatic carbocycles. The van der Waals surface area contributed by atoms with Gasteiger partial charge in [0.2, 0.25) is 11.8 Å². The first-order valence-electron chi connectivity index (χ1n) is 8.20. The van der Waals surface area contributed by atoms with Crippen LogP contribution in [0, 0.1) is 0 Å². The van der Waals surface area contributed by atoms with Crippen molar-refractivity contribution in [2.75, 3.05) is 19.6 Å². The van der Waals surface area contributed by atoms with Crippen molar-refractivity contribution in [1.82, 2.24) is 15.1 Å². The number of hydrogen-bond acceptors (Lipinski definition) is 3. The fourth-order valence-corrected chi connectivity index (χ4v) is 3.61. The summed E-state index contributed by atoms with van der Waals surface area (Å²) >= 11 is 6.27. The number of benzene rings is 1. The SMILES string of the molecule is O=C1CNC(=O)N1CCCC(=O)N1CCCC1c1ccccc1Cl. The Morgan fingerprint density at radius 1 is 1.29 bits per heavy atom. The van der Waals surface area contributed by atoms with Gasteiger partial charge in [-0.1, -0.05) is 29.8 Å². The van der Waals surface area contributed by atoms with E-state index in [1.54, 1.807) is 0 Å². The average Bonchev–Trinajstić information content (AvgIpc) is 3.17. The Bertz CT molecular complexity index is 648. The lowest BCUT2D eigenvalue weighted by Gasteiger charge is -2.26. The predicted molar refractivity (Wildman–Crippen MR) is 89.5 cm³/mol. The third kappa shape index (κ3) is 3.38. The summed E-state index contributed by atoms with van der Waals surface area (Å²) in [6, 6.07) is 7.26. The number of carbonyl (C=O) groups is 3. The maximum absolute atomic E-state index is 12.6. The molecule has 0 radical (unpaired) electrons. The zero-order valence-electron chi connectivity index (χ0n) is 13.3. The molecule has 2 heterocycles. The molecule has 2 aliphatic heterocycles. The first-order chi connectivity index (χ1) is 11.6. The number of rotatable bonds is 5. The highest BCUT2D eigenvalue weighted by molar-refractivity contribution is 6.31. The number of carbonyl (C=O) groups excluding carboxylic acids is 3. The summed E-state index contributed by atoms with van der Waals surface area (Å²) in [6.07, 6.45) is 2.65. The molecule has 24 heavy (non-hydrogen) atoms. The van der Waals surface area contributed by atoms with Crippen molar-refractivity contribution in [3.63, 3.8) is 0 Å². The molecule has 128 valence electrons. The topological polar surface area (TPSA) is 69.7 Å². The van der Waals surface area contributed by atoms with Crippen molar-refractivity contribution in [2.24, 2.45) is 0 Å². The zero-order chi connectivity index (χ0) is 17.1. The molecule has 7 heteroatoms. The molecule has 0 spiro atoms. The van der Waals surface area contributed by atoms with Crippen LogP contribution < -0.4 is 5.32 Å². The van der Waals surface area contributed by atoms with Gasteiger partial charge in [0.25, 0.3) is 0 Å². The summed E-state index contributed by atoms with van der Waals surface area (Å²) in [5.41, 5.74) is 0.985. The Hall–Kier alpha value is -2.08. The summed E-state index contributed by atoms with van der Waals surface area (Å²) < 4.78 is 0. The quantitative estimate of drug-likeness (QED) is 0.829. The zero-order valence-corrected chi connectivity index (χ0v) is 14.1. The van der Waals surface area contributed by atoms with Gasteiger partial charge in [0, 0.05) is 24.5 Å². The average molecular weight is 350 g/mol. The molecule has 2 saturated heterocycles. The predicted octanol–water partition coefficient (Wildman–Crippen LogP) is 2.34. The van der Waals surface area contributed by atoms with Gasteiger partial charge in [0.15, 0.2) is 0 Å². The molecule has 3 rings (SSSR count). The monoisotopic (exact) mass is 349 g/mol. The molecule has 1 atom stereocenters. The van der Waals surface area contributed by atoms with E-state index in [0.717, 1.165) is 24.9 Å². The normalized spacial score (nSPS) is 20.6.